The highest BCUT2D eigenvalue weighted by atomic mass is 32.2. The summed E-state index contributed by atoms with van der Waals surface area (Å²) < 4.78 is 36.8. The van der Waals surface area contributed by atoms with Gasteiger partial charge in [0.1, 0.15) is 11.6 Å². The van der Waals surface area contributed by atoms with Crippen molar-refractivity contribution in [1.82, 2.24) is 14.9 Å². The fourth-order valence-electron chi connectivity index (χ4n) is 2.36. The number of rotatable bonds is 4. The number of nitrogens with one attached hydrogen (secondary N) is 1. The Hall–Kier alpha value is -2.19. The number of sulfonamides is 1. The molecule has 0 bridgehead atoms. The Morgan fingerprint density at radius 1 is 1.21 bits per heavy atom. The van der Waals surface area contributed by atoms with E-state index in [1.807, 2.05) is 51.1 Å². The van der Waals surface area contributed by atoms with E-state index in [-0.39, 0.29) is 11.7 Å². The molecule has 0 saturated heterocycles. The summed E-state index contributed by atoms with van der Waals surface area (Å²) in [5, 5.41) is 4.86. The van der Waals surface area contributed by atoms with Gasteiger partial charge in [0.05, 0.1) is 6.26 Å². The first-order valence-electron chi connectivity index (χ1n) is 7.43. The van der Waals surface area contributed by atoms with Gasteiger partial charge in [-0.15, -0.1) is 0 Å². The largest absolute Gasteiger partial charge is 0.453 e. The quantitative estimate of drug-likeness (QED) is 0.777. The summed E-state index contributed by atoms with van der Waals surface area (Å²) in [6, 6.07) is 8.74. The molecular formula is C16H19N3O4S. The number of hydrogen-bond donors (Lipinski definition) is 1. The van der Waals surface area contributed by atoms with E-state index in [4.69, 9.17) is 8.94 Å². The normalized spacial score (nSPS) is 14.2. The minimum absolute atomic E-state index is 0.198. The molecule has 0 saturated carbocycles. The molecule has 8 heteroatoms. The third-order valence-electron chi connectivity index (χ3n) is 3.53. The van der Waals surface area contributed by atoms with Crippen LogP contribution in [0.25, 0.3) is 22.6 Å². The lowest BCUT2D eigenvalue weighted by Gasteiger charge is -2.27. The van der Waals surface area contributed by atoms with Crippen LogP contribution in [0.5, 0.6) is 0 Å². The number of benzene rings is 1. The lowest BCUT2D eigenvalue weighted by atomic mass is 9.87. The van der Waals surface area contributed by atoms with Crippen LogP contribution in [-0.2, 0) is 10.0 Å². The molecule has 2 aromatic heterocycles. The monoisotopic (exact) mass is 349 g/mol. The topological polar surface area (TPSA) is 98.2 Å². The van der Waals surface area contributed by atoms with Crippen molar-refractivity contribution in [2.75, 3.05) is 6.26 Å². The molecule has 0 fully saturated rings. The Labute approximate surface area is 140 Å². The second kappa shape index (κ2) is 5.71. The van der Waals surface area contributed by atoms with Crippen LogP contribution in [0.4, 0.5) is 0 Å². The number of fused-ring (bicyclic) bond motifs is 1. The zero-order valence-corrected chi connectivity index (χ0v) is 14.7. The summed E-state index contributed by atoms with van der Waals surface area (Å²) in [6.07, 6.45) is 1.10. The summed E-state index contributed by atoms with van der Waals surface area (Å²) in [5.74, 6) is 0.951. The summed E-state index contributed by atoms with van der Waals surface area (Å²) in [6.45, 7) is 5.67. The molecule has 0 radical (unpaired) electrons. The highest BCUT2D eigenvalue weighted by Crippen LogP contribution is 2.34. The van der Waals surface area contributed by atoms with Crippen molar-refractivity contribution in [3.8, 4) is 11.6 Å². The van der Waals surface area contributed by atoms with E-state index in [2.05, 4.69) is 14.9 Å². The fraction of sp³-hybridized carbons (Fsp3) is 0.375. The lowest BCUT2D eigenvalue weighted by Crippen LogP contribution is -2.36. The molecule has 2 heterocycles. The van der Waals surface area contributed by atoms with Crippen molar-refractivity contribution < 1.29 is 17.4 Å². The van der Waals surface area contributed by atoms with Crippen molar-refractivity contribution >= 4 is 21.0 Å². The van der Waals surface area contributed by atoms with E-state index >= 15 is 0 Å². The van der Waals surface area contributed by atoms with E-state index < -0.39 is 21.5 Å². The average Bonchev–Trinajstić information content (AvgIpc) is 3.09. The SMILES string of the molecule is CC(C)(C)C(NS(C)(=O)=O)c1nc(-c2cc3ccccc3o2)no1. The molecule has 1 unspecified atom stereocenters. The first-order chi connectivity index (χ1) is 11.1. The van der Waals surface area contributed by atoms with E-state index in [0.717, 1.165) is 17.2 Å². The van der Waals surface area contributed by atoms with Crippen molar-refractivity contribution in [2.24, 2.45) is 5.41 Å². The molecule has 3 rings (SSSR count). The Morgan fingerprint density at radius 2 is 1.92 bits per heavy atom. The number of hydrogen-bond acceptors (Lipinski definition) is 6. The van der Waals surface area contributed by atoms with Crippen molar-refractivity contribution in [3.05, 3.63) is 36.2 Å². The van der Waals surface area contributed by atoms with Crippen LogP contribution in [0, 0.1) is 5.41 Å². The van der Waals surface area contributed by atoms with Crippen LogP contribution in [-0.4, -0.2) is 24.8 Å². The van der Waals surface area contributed by atoms with Crippen LogP contribution in [0.15, 0.2) is 39.3 Å². The van der Waals surface area contributed by atoms with E-state index in [1.54, 1.807) is 0 Å². The van der Waals surface area contributed by atoms with Gasteiger partial charge in [-0.2, -0.15) is 4.98 Å². The Bertz CT molecular complexity index is 934. The van der Waals surface area contributed by atoms with Gasteiger partial charge < -0.3 is 8.94 Å². The molecular weight excluding hydrogens is 330 g/mol. The van der Waals surface area contributed by atoms with Crippen molar-refractivity contribution in [1.29, 1.82) is 0 Å². The number of aromatic nitrogens is 2. The minimum Gasteiger partial charge on any atom is -0.453 e. The summed E-state index contributed by atoms with van der Waals surface area (Å²) in [7, 11) is -3.43. The van der Waals surface area contributed by atoms with Gasteiger partial charge in [-0.05, 0) is 17.5 Å². The van der Waals surface area contributed by atoms with Gasteiger partial charge in [0.25, 0.3) is 0 Å². The smallest absolute Gasteiger partial charge is 0.245 e. The average molecular weight is 349 g/mol. The Balaban J connectivity index is 1.98. The maximum Gasteiger partial charge on any atom is 0.245 e. The van der Waals surface area contributed by atoms with E-state index in [1.165, 1.54) is 0 Å². The highest BCUT2D eigenvalue weighted by Gasteiger charge is 2.34. The number of nitrogens with zero attached hydrogens (tertiary/aromatic N) is 2. The first-order valence-corrected chi connectivity index (χ1v) is 9.32. The number of para-hydroxylation sites is 1. The molecule has 0 aliphatic carbocycles. The lowest BCUT2D eigenvalue weighted by molar-refractivity contribution is 0.237. The molecule has 1 aromatic carbocycles. The van der Waals surface area contributed by atoms with Gasteiger partial charge in [0.2, 0.25) is 21.7 Å². The predicted molar refractivity (Wildman–Crippen MR) is 89.7 cm³/mol. The third-order valence-corrected chi connectivity index (χ3v) is 4.20. The fourth-order valence-corrected chi connectivity index (χ4v) is 3.24. The molecule has 3 aromatic rings. The Morgan fingerprint density at radius 3 is 2.54 bits per heavy atom. The van der Waals surface area contributed by atoms with Crippen LogP contribution < -0.4 is 4.72 Å². The summed E-state index contributed by atoms with van der Waals surface area (Å²) in [5.41, 5.74) is 0.279. The molecule has 0 aliphatic heterocycles. The molecule has 0 amide bonds. The van der Waals surface area contributed by atoms with Crippen LogP contribution in [0.2, 0.25) is 0 Å². The van der Waals surface area contributed by atoms with Gasteiger partial charge in [-0.25, -0.2) is 13.1 Å². The van der Waals surface area contributed by atoms with Gasteiger partial charge >= 0.3 is 0 Å². The molecule has 0 aliphatic rings. The zero-order chi connectivity index (χ0) is 17.5. The van der Waals surface area contributed by atoms with E-state index in [9.17, 15) is 8.42 Å². The minimum atomic E-state index is -3.43. The molecule has 128 valence electrons. The highest BCUT2D eigenvalue weighted by molar-refractivity contribution is 7.88. The van der Waals surface area contributed by atoms with Gasteiger partial charge in [0, 0.05) is 5.39 Å². The van der Waals surface area contributed by atoms with Gasteiger partial charge in [-0.1, -0.05) is 44.1 Å². The van der Waals surface area contributed by atoms with Crippen molar-refractivity contribution in [2.45, 2.75) is 26.8 Å². The molecule has 7 nitrogen and oxygen atoms in total. The second-order valence-corrected chi connectivity index (χ2v) is 8.57. The summed E-state index contributed by atoms with van der Waals surface area (Å²) >= 11 is 0. The van der Waals surface area contributed by atoms with Crippen LogP contribution >= 0.6 is 0 Å². The van der Waals surface area contributed by atoms with Crippen LogP contribution in [0.1, 0.15) is 32.7 Å². The molecule has 1 atom stereocenters. The molecule has 1 N–H and O–H groups in total. The summed E-state index contributed by atoms with van der Waals surface area (Å²) in [4.78, 5) is 4.33. The van der Waals surface area contributed by atoms with Crippen molar-refractivity contribution in [3.63, 3.8) is 0 Å². The van der Waals surface area contributed by atoms with Crippen LogP contribution in [0.3, 0.4) is 0 Å². The van der Waals surface area contributed by atoms with Gasteiger partial charge in [-0.3, -0.25) is 0 Å². The standard InChI is InChI=1S/C16H19N3O4S/c1-16(2,3)13(19-24(4,20)21)15-17-14(18-23-15)12-9-10-7-5-6-8-11(10)22-12/h5-9,13,19H,1-4H3. The molecule has 0 spiro atoms. The maximum atomic E-state index is 11.6. The zero-order valence-electron chi connectivity index (χ0n) is 13.9. The molecule has 24 heavy (non-hydrogen) atoms. The van der Waals surface area contributed by atoms with Gasteiger partial charge in [0.15, 0.2) is 5.76 Å². The number of furan rings is 1. The first kappa shape index (κ1) is 16.7. The second-order valence-electron chi connectivity index (χ2n) is 6.79. The maximum absolute atomic E-state index is 11.6. The third kappa shape index (κ3) is 3.49. The predicted octanol–water partition coefficient (Wildman–Crippen LogP) is 3.12. The Kier molecular flexibility index (Phi) is 3.97. The van der Waals surface area contributed by atoms with E-state index in [0.29, 0.717) is 5.76 Å².